The molecule has 0 radical (unpaired) electrons. The topological polar surface area (TPSA) is 58.6 Å². The van der Waals surface area contributed by atoms with Crippen molar-refractivity contribution in [1.29, 1.82) is 0 Å². The van der Waals surface area contributed by atoms with Crippen LogP contribution in [0.15, 0.2) is 0 Å². The highest BCUT2D eigenvalue weighted by atomic mass is 16.5. The van der Waals surface area contributed by atoms with Crippen LogP contribution < -0.4 is 5.32 Å². The highest BCUT2D eigenvalue weighted by Crippen LogP contribution is 2.15. The summed E-state index contributed by atoms with van der Waals surface area (Å²) in [6, 6.07) is 0. The van der Waals surface area contributed by atoms with Crippen molar-refractivity contribution in [2.24, 2.45) is 5.92 Å². The van der Waals surface area contributed by atoms with Gasteiger partial charge in [0, 0.05) is 13.1 Å². The van der Waals surface area contributed by atoms with Crippen LogP contribution in [0.2, 0.25) is 0 Å². The van der Waals surface area contributed by atoms with Crippen LogP contribution in [0, 0.1) is 5.92 Å². The number of nitrogens with one attached hydrogen (secondary N) is 1. The van der Waals surface area contributed by atoms with Gasteiger partial charge in [0.1, 0.15) is 6.54 Å². The molecule has 1 rings (SSSR count). The summed E-state index contributed by atoms with van der Waals surface area (Å²) in [6.45, 7) is 5.87. The van der Waals surface area contributed by atoms with Gasteiger partial charge in [-0.2, -0.15) is 0 Å². The molecule has 1 N–H and O–H groups in total. The summed E-state index contributed by atoms with van der Waals surface area (Å²) in [7, 11) is 0. The number of carbonyl (C=O) groups excluding carboxylic acids is 2. The first kappa shape index (κ1) is 12.8. The van der Waals surface area contributed by atoms with Crippen LogP contribution >= 0.6 is 0 Å². The summed E-state index contributed by atoms with van der Waals surface area (Å²) in [5, 5.41) is 2.44. The fraction of sp³-hybridized carbons (Fsp3) is 0.818. The molecule has 0 spiro atoms. The predicted molar refractivity (Wildman–Crippen MR) is 60.0 cm³/mol. The van der Waals surface area contributed by atoms with Crippen molar-refractivity contribution in [1.82, 2.24) is 10.2 Å². The second-order valence-corrected chi connectivity index (χ2v) is 4.14. The minimum atomic E-state index is -0.527. The van der Waals surface area contributed by atoms with Gasteiger partial charge in [0.25, 0.3) is 0 Å². The van der Waals surface area contributed by atoms with E-state index in [1.807, 2.05) is 0 Å². The van der Waals surface area contributed by atoms with E-state index in [0.29, 0.717) is 12.5 Å². The average molecular weight is 228 g/mol. The zero-order valence-electron chi connectivity index (χ0n) is 9.99. The Labute approximate surface area is 96.1 Å². The molecule has 92 valence electrons. The first-order valence-electron chi connectivity index (χ1n) is 5.82. The van der Waals surface area contributed by atoms with Crippen molar-refractivity contribution in [3.8, 4) is 0 Å². The number of hydrogen-bond acceptors (Lipinski definition) is 3. The molecular formula is C11H20N2O3. The van der Waals surface area contributed by atoms with Crippen LogP contribution in [0.4, 0.5) is 4.79 Å². The second kappa shape index (κ2) is 6.35. The fourth-order valence-electron chi connectivity index (χ4n) is 1.70. The van der Waals surface area contributed by atoms with E-state index in [2.05, 4.69) is 17.0 Å². The van der Waals surface area contributed by atoms with Crippen LogP contribution in [0.25, 0.3) is 0 Å². The Morgan fingerprint density at radius 2 is 2.00 bits per heavy atom. The zero-order chi connectivity index (χ0) is 12.0. The number of likely N-dealkylation sites (tertiary alicyclic amines) is 1. The molecule has 5 nitrogen and oxygen atoms in total. The molecule has 1 aliphatic heterocycles. The van der Waals surface area contributed by atoms with Crippen LogP contribution in [-0.2, 0) is 9.53 Å². The maximum absolute atomic E-state index is 11.7. The normalized spacial score (nSPS) is 17.0. The minimum absolute atomic E-state index is 0.0278. The predicted octanol–water partition coefficient (Wildman–Crippen LogP) is 0.991. The summed E-state index contributed by atoms with van der Waals surface area (Å²) in [5.41, 5.74) is 0. The summed E-state index contributed by atoms with van der Waals surface area (Å²) in [4.78, 5) is 24.4. The van der Waals surface area contributed by atoms with Crippen molar-refractivity contribution < 1.29 is 14.3 Å². The SMILES string of the molecule is CCOC(=O)NCC(=O)N1CCC(C)CC1. The summed E-state index contributed by atoms with van der Waals surface area (Å²) in [5.74, 6) is 0.669. The van der Waals surface area contributed by atoms with Crippen molar-refractivity contribution in [2.75, 3.05) is 26.2 Å². The van der Waals surface area contributed by atoms with Gasteiger partial charge in [-0.3, -0.25) is 4.79 Å². The van der Waals surface area contributed by atoms with Crippen LogP contribution in [0.1, 0.15) is 26.7 Å². The molecule has 0 aliphatic carbocycles. The van der Waals surface area contributed by atoms with Gasteiger partial charge in [-0.1, -0.05) is 6.92 Å². The summed E-state index contributed by atoms with van der Waals surface area (Å²) >= 11 is 0. The third-order valence-electron chi connectivity index (χ3n) is 2.80. The van der Waals surface area contributed by atoms with E-state index in [4.69, 9.17) is 0 Å². The highest BCUT2D eigenvalue weighted by Gasteiger charge is 2.20. The lowest BCUT2D eigenvalue weighted by atomic mass is 9.99. The average Bonchev–Trinajstić information content (AvgIpc) is 2.27. The Morgan fingerprint density at radius 3 is 2.56 bits per heavy atom. The zero-order valence-corrected chi connectivity index (χ0v) is 9.99. The van der Waals surface area contributed by atoms with Gasteiger partial charge in [-0.05, 0) is 25.7 Å². The molecule has 0 unspecified atom stereocenters. The Bertz CT molecular complexity index is 248. The Kier molecular flexibility index (Phi) is 5.08. The molecule has 0 aromatic rings. The number of alkyl carbamates (subject to hydrolysis) is 1. The van der Waals surface area contributed by atoms with Gasteiger partial charge < -0.3 is 15.0 Å². The lowest BCUT2D eigenvalue weighted by Crippen LogP contribution is -2.43. The standard InChI is InChI=1S/C11H20N2O3/c1-3-16-11(15)12-8-10(14)13-6-4-9(2)5-7-13/h9H,3-8H2,1-2H3,(H,12,15). The molecule has 5 heteroatoms. The van der Waals surface area contributed by atoms with E-state index in [-0.39, 0.29) is 12.5 Å². The molecule has 0 saturated carbocycles. The molecule has 1 fully saturated rings. The molecule has 16 heavy (non-hydrogen) atoms. The first-order valence-corrected chi connectivity index (χ1v) is 5.82. The third-order valence-corrected chi connectivity index (χ3v) is 2.80. The molecule has 0 aromatic heterocycles. The second-order valence-electron chi connectivity index (χ2n) is 4.14. The minimum Gasteiger partial charge on any atom is -0.450 e. The number of nitrogens with zero attached hydrogens (tertiary/aromatic N) is 1. The summed E-state index contributed by atoms with van der Waals surface area (Å²) in [6.07, 6.45) is 1.57. The van der Waals surface area contributed by atoms with Crippen molar-refractivity contribution in [3.05, 3.63) is 0 Å². The van der Waals surface area contributed by atoms with Gasteiger partial charge in [0.15, 0.2) is 0 Å². The summed E-state index contributed by atoms with van der Waals surface area (Å²) < 4.78 is 4.68. The number of carbonyl (C=O) groups is 2. The Hall–Kier alpha value is -1.26. The monoisotopic (exact) mass is 228 g/mol. The van der Waals surface area contributed by atoms with Crippen LogP contribution in [0.5, 0.6) is 0 Å². The molecule has 1 saturated heterocycles. The quantitative estimate of drug-likeness (QED) is 0.783. The molecule has 1 heterocycles. The van der Waals surface area contributed by atoms with Crippen LogP contribution in [-0.4, -0.2) is 43.1 Å². The Balaban J connectivity index is 2.22. The van der Waals surface area contributed by atoms with E-state index in [1.54, 1.807) is 11.8 Å². The molecule has 0 aromatic carbocycles. The van der Waals surface area contributed by atoms with Gasteiger partial charge in [-0.15, -0.1) is 0 Å². The molecular weight excluding hydrogens is 208 g/mol. The van der Waals surface area contributed by atoms with E-state index in [9.17, 15) is 9.59 Å². The smallest absolute Gasteiger partial charge is 0.407 e. The van der Waals surface area contributed by atoms with E-state index in [0.717, 1.165) is 25.9 Å². The van der Waals surface area contributed by atoms with Crippen LogP contribution in [0.3, 0.4) is 0 Å². The maximum Gasteiger partial charge on any atom is 0.407 e. The number of hydrogen-bond donors (Lipinski definition) is 1. The lowest BCUT2D eigenvalue weighted by molar-refractivity contribution is -0.131. The van der Waals surface area contributed by atoms with Crippen molar-refractivity contribution in [2.45, 2.75) is 26.7 Å². The number of ether oxygens (including phenoxy) is 1. The molecule has 0 bridgehead atoms. The maximum atomic E-state index is 11.7. The molecule has 0 atom stereocenters. The number of amides is 2. The van der Waals surface area contributed by atoms with E-state index in [1.165, 1.54) is 0 Å². The third kappa shape index (κ3) is 4.08. The molecule has 2 amide bonds. The van der Waals surface area contributed by atoms with Crippen molar-refractivity contribution >= 4 is 12.0 Å². The Morgan fingerprint density at radius 1 is 1.38 bits per heavy atom. The largest absolute Gasteiger partial charge is 0.450 e. The van der Waals surface area contributed by atoms with Gasteiger partial charge in [-0.25, -0.2) is 4.79 Å². The molecule has 1 aliphatic rings. The van der Waals surface area contributed by atoms with Gasteiger partial charge >= 0.3 is 6.09 Å². The van der Waals surface area contributed by atoms with E-state index < -0.39 is 6.09 Å². The lowest BCUT2D eigenvalue weighted by Gasteiger charge is -2.30. The fourth-order valence-corrected chi connectivity index (χ4v) is 1.70. The van der Waals surface area contributed by atoms with Crippen molar-refractivity contribution in [3.63, 3.8) is 0 Å². The van der Waals surface area contributed by atoms with Gasteiger partial charge in [0.2, 0.25) is 5.91 Å². The highest BCUT2D eigenvalue weighted by molar-refractivity contribution is 5.82. The van der Waals surface area contributed by atoms with Gasteiger partial charge in [0.05, 0.1) is 6.61 Å². The number of rotatable bonds is 3. The number of piperidine rings is 1. The van der Waals surface area contributed by atoms with E-state index >= 15 is 0 Å². The first-order chi connectivity index (χ1) is 7.63.